The first-order valence-electron chi connectivity index (χ1n) is 6.53. The van der Waals surface area contributed by atoms with Gasteiger partial charge < -0.3 is 14.6 Å². The summed E-state index contributed by atoms with van der Waals surface area (Å²) in [6.45, 7) is 2.97. The Hall–Kier alpha value is -1.15. The number of rotatable bonds is 6. The van der Waals surface area contributed by atoms with Crippen LogP contribution >= 0.6 is 0 Å². The van der Waals surface area contributed by atoms with Crippen LogP contribution < -0.4 is 9.46 Å². The maximum atomic E-state index is 12.2. The highest BCUT2D eigenvalue weighted by molar-refractivity contribution is 7.89. The second-order valence-corrected chi connectivity index (χ2v) is 6.26. The molecule has 6 nitrogen and oxygen atoms in total. The summed E-state index contributed by atoms with van der Waals surface area (Å²) in [6.07, 6.45) is 0.670. The van der Waals surface area contributed by atoms with Gasteiger partial charge in [-0.05, 0) is 31.5 Å². The third kappa shape index (κ3) is 3.49. The lowest BCUT2D eigenvalue weighted by Gasteiger charge is -2.14. The number of nitrogens with one attached hydrogen (secondary N) is 1. The summed E-state index contributed by atoms with van der Waals surface area (Å²) >= 11 is 0. The van der Waals surface area contributed by atoms with Gasteiger partial charge in [-0.1, -0.05) is 0 Å². The molecular formula is C13H19NO5S. The van der Waals surface area contributed by atoms with Gasteiger partial charge in [0.05, 0.1) is 24.7 Å². The van der Waals surface area contributed by atoms with E-state index in [1.165, 1.54) is 12.1 Å². The van der Waals surface area contributed by atoms with Crippen molar-refractivity contribution in [3.05, 3.63) is 23.8 Å². The van der Waals surface area contributed by atoms with E-state index >= 15 is 0 Å². The highest BCUT2D eigenvalue weighted by Gasteiger charge is 2.24. The van der Waals surface area contributed by atoms with E-state index in [9.17, 15) is 13.5 Å². The van der Waals surface area contributed by atoms with Crippen LogP contribution in [-0.2, 0) is 21.4 Å². The Morgan fingerprint density at radius 1 is 1.50 bits per heavy atom. The molecular weight excluding hydrogens is 282 g/mol. The molecule has 0 bridgehead atoms. The smallest absolute Gasteiger partial charge is 0.240 e. The Labute approximate surface area is 118 Å². The van der Waals surface area contributed by atoms with Gasteiger partial charge in [0.1, 0.15) is 5.75 Å². The van der Waals surface area contributed by atoms with Gasteiger partial charge in [-0.3, -0.25) is 0 Å². The van der Waals surface area contributed by atoms with Crippen molar-refractivity contribution >= 4 is 10.0 Å². The molecule has 1 heterocycles. The van der Waals surface area contributed by atoms with Gasteiger partial charge in [-0.25, -0.2) is 13.1 Å². The minimum Gasteiger partial charge on any atom is -0.494 e. The van der Waals surface area contributed by atoms with Gasteiger partial charge in [0.2, 0.25) is 10.0 Å². The summed E-state index contributed by atoms with van der Waals surface area (Å²) in [4.78, 5) is 0.122. The molecule has 1 fully saturated rings. The van der Waals surface area contributed by atoms with Crippen molar-refractivity contribution in [3.8, 4) is 5.75 Å². The quantitative estimate of drug-likeness (QED) is 0.805. The topological polar surface area (TPSA) is 84.9 Å². The normalized spacial score (nSPS) is 19.2. The Morgan fingerprint density at radius 3 is 2.90 bits per heavy atom. The van der Waals surface area contributed by atoms with Crippen LogP contribution in [0.1, 0.15) is 18.9 Å². The largest absolute Gasteiger partial charge is 0.494 e. The zero-order valence-corrected chi connectivity index (χ0v) is 12.1. The number of aliphatic hydroxyl groups is 1. The maximum absolute atomic E-state index is 12.2. The van der Waals surface area contributed by atoms with Crippen LogP contribution in [0.3, 0.4) is 0 Å². The van der Waals surface area contributed by atoms with Crippen LogP contribution in [0.15, 0.2) is 23.1 Å². The fraction of sp³-hybridized carbons (Fsp3) is 0.538. The third-order valence-corrected chi connectivity index (χ3v) is 4.58. The monoisotopic (exact) mass is 301 g/mol. The number of hydrogen-bond acceptors (Lipinski definition) is 5. The molecule has 0 amide bonds. The van der Waals surface area contributed by atoms with Crippen molar-refractivity contribution in [2.24, 2.45) is 0 Å². The maximum Gasteiger partial charge on any atom is 0.240 e. The molecule has 20 heavy (non-hydrogen) atoms. The Morgan fingerprint density at radius 2 is 2.30 bits per heavy atom. The summed E-state index contributed by atoms with van der Waals surface area (Å²) in [5, 5.41) is 9.30. The first-order valence-corrected chi connectivity index (χ1v) is 8.01. The van der Waals surface area contributed by atoms with Crippen LogP contribution in [0.5, 0.6) is 5.75 Å². The fourth-order valence-electron chi connectivity index (χ4n) is 2.06. The molecule has 7 heteroatoms. The van der Waals surface area contributed by atoms with Crippen LogP contribution in [-0.4, -0.2) is 39.4 Å². The fourth-order valence-corrected chi connectivity index (χ4v) is 3.36. The minimum absolute atomic E-state index is 0.122. The lowest BCUT2D eigenvalue weighted by molar-refractivity contribution is 0.192. The summed E-state index contributed by atoms with van der Waals surface area (Å²) < 4.78 is 37.6. The molecule has 2 N–H and O–H groups in total. The molecule has 0 spiro atoms. The first-order chi connectivity index (χ1) is 9.56. The van der Waals surface area contributed by atoms with Gasteiger partial charge in [0, 0.05) is 18.2 Å². The van der Waals surface area contributed by atoms with Crippen molar-refractivity contribution < 1.29 is 23.0 Å². The van der Waals surface area contributed by atoms with Gasteiger partial charge in [0.25, 0.3) is 0 Å². The van der Waals surface area contributed by atoms with E-state index in [2.05, 4.69) is 4.72 Å². The number of benzene rings is 1. The Bertz CT molecular complexity index is 552. The zero-order valence-electron chi connectivity index (χ0n) is 11.3. The first kappa shape index (κ1) is 15.2. The molecule has 1 aliphatic heterocycles. The van der Waals surface area contributed by atoms with Gasteiger partial charge >= 0.3 is 0 Å². The summed E-state index contributed by atoms with van der Waals surface area (Å²) in [6, 6.07) is 4.28. The molecule has 1 atom stereocenters. The Balaban J connectivity index is 2.22. The highest BCUT2D eigenvalue weighted by Crippen LogP contribution is 2.23. The predicted molar refractivity (Wildman–Crippen MR) is 73.1 cm³/mol. The van der Waals surface area contributed by atoms with Crippen LogP contribution in [0.4, 0.5) is 0 Å². The van der Waals surface area contributed by atoms with E-state index in [1.807, 2.05) is 6.92 Å². The molecule has 2 rings (SSSR count). The second-order valence-electron chi connectivity index (χ2n) is 4.54. The standard InChI is InChI=1S/C13H19NO5S/c1-2-19-13-4-3-12(7-10(13)8-15)20(16,17)14-11-5-6-18-9-11/h3-4,7,11,14-15H,2,5-6,8-9H2,1H3. The molecule has 0 aromatic heterocycles. The van der Waals surface area contributed by atoms with Crippen molar-refractivity contribution in [2.45, 2.75) is 30.9 Å². The minimum atomic E-state index is -3.60. The summed E-state index contributed by atoms with van der Waals surface area (Å²) in [7, 11) is -3.60. The van der Waals surface area contributed by atoms with E-state index in [0.29, 0.717) is 37.6 Å². The number of sulfonamides is 1. The van der Waals surface area contributed by atoms with Gasteiger partial charge in [0.15, 0.2) is 0 Å². The van der Waals surface area contributed by atoms with Crippen LogP contribution in [0, 0.1) is 0 Å². The predicted octanol–water partition coefficient (Wildman–Crippen LogP) is 0.645. The summed E-state index contributed by atoms with van der Waals surface area (Å²) in [5.74, 6) is 0.498. The number of hydrogen-bond donors (Lipinski definition) is 2. The molecule has 1 aromatic carbocycles. The Kier molecular flexibility index (Phi) is 4.98. The third-order valence-electron chi connectivity index (χ3n) is 3.06. The molecule has 112 valence electrons. The van der Waals surface area contributed by atoms with Crippen LogP contribution in [0.25, 0.3) is 0 Å². The van der Waals surface area contributed by atoms with E-state index in [4.69, 9.17) is 9.47 Å². The lowest BCUT2D eigenvalue weighted by atomic mass is 10.2. The highest BCUT2D eigenvalue weighted by atomic mass is 32.2. The molecule has 0 aliphatic carbocycles. The zero-order chi connectivity index (χ0) is 14.6. The van der Waals surface area contributed by atoms with Crippen molar-refractivity contribution in [1.29, 1.82) is 0 Å². The molecule has 1 unspecified atom stereocenters. The molecule has 0 radical (unpaired) electrons. The van der Waals surface area contributed by atoms with E-state index in [-0.39, 0.29) is 17.5 Å². The van der Waals surface area contributed by atoms with E-state index in [0.717, 1.165) is 0 Å². The van der Waals surface area contributed by atoms with Crippen LogP contribution in [0.2, 0.25) is 0 Å². The van der Waals surface area contributed by atoms with Crippen molar-refractivity contribution in [3.63, 3.8) is 0 Å². The van der Waals surface area contributed by atoms with Gasteiger partial charge in [-0.2, -0.15) is 0 Å². The van der Waals surface area contributed by atoms with E-state index in [1.54, 1.807) is 6.07 Å². The molecule has 1 saturated heterocycles. The SMILES string of the molecule is CCOc1ccc(S(=O)(=O)NC2CCOC2)cc1CO. The van der Waals surface area contributed by atoms with Crippen molar-refractivity contribution in [1.82, 2.24) is 4.72 Å². The molecule has 1 aliphatic rings. The molecule has 1 aromatic rings. The van der Waals surface area contributed by atoms with E-state index < -0.39 is 10.0 Å². The number of ether oxygens (including phenoxy) is 2. The number of aliphatic hydroxyl groups excluding tert-OH is 1. The summed E-state index contributed by atoms with van der Waals surface area (Å²) in [5.41, 5.74) is 0.456. The second kappa shape index (κ2) is 6.53. The molecule has 0 saturated carbocycles. The average Bonchev–Trinajstić information content (AvgIpc) is 2.91. The average molecular weight is 301 g/mol. The van der Waals surface area contributed by atoms with Gasteiger partial charge in [-0.15, -0.1) is 0 Å². The van der Waals surface area contributed by atoms with Crippen molar-refractivity contribution in [2.75, 3.05) is 19.8 Å². The lowest BCUT2D eigenvalue weighted by Crippen LogP contribution is -2.35.